The predicted molar refractivity (Wildman–Crippen MR) is 74.5 cm³/mol. The number of rotatable bonds is 5. The number of halogens is 1. The summed E-state index contributed by atoms with van der Waals surface area (Å²) in [4.78, 5) is 10.4. The fourth-order valence-corrected chi connectivity index (χ4v) is 1.87. The molecule has 0 unspecified atom stereocenters. The van der Waals surface area contributed by atoms with Crippen molar-refractivity contribution in [2.24, 2.45) is 0 Å². The number of hydrogen-bond donors (Lipinski definition) is 1. The van der Waals surface area contributed by atoms with Crippen LogP contribution in [0.15, 0.2) is 36.4 Å². The number of aliphatic hydroxyl groups excluding tert-OH is 1. The van der Waals surface area contributed by atoms with Gasteiger partial charge in [0.15, 0.2) is 5.75 Å². The Labute approximate surface area is 120 Å². The lowest BCUT2D eigenvalue weighted by molar-refractivity contribution is -0.386. The summed E-state index contributed by atoms with van der Waals surface area (Å²) < 4.78 is 18.6. The van der Waals surface area contributed by atoms with Gasteiger partial charge < -0.3 is 9.84 Å². The van der Waals surface area contributed by atoms with Crippen LogP contribution in [0.3, 0.4) is 0 Å². The van der Waals surface area contributed by atoms with E-state index in [-0.39, 0.29) is 24.7 Å². The second kappa shape index (κ2) is 6.32. The number of hydrogen-bond acceptors (Lipinski definition) is 4. The maximum absolute atomic E-state index is 13.2. The molecule has 0 aliphatic rings. The molecule has 0 heterocycles. The summed E-state index contributed by atoms with van der Waals surface area (Å²) in [6.45, 7) is 1.57. The van der Waals surface area contributed by atoms with Gasteiger partial charge in [0.1, 0.15) is 12.4 Å². The molecule has 110 valence electrons. The minimum atomic E-state index is -0.561. The van der Waals surface area contributed by atoms with Crippen molar-refractivity contribution in [1.82, 2.24) is 0 Å². The monoisotopic (exact) mass is 291 g/mol. The number of ether oxygens (including phenoxy) is 1. The summed E-state index contributed by atoms with van der Waals surface area (Å²) in [5, 5.41) is 20.0. The summed E-state index contributed by atoms with van der Waals surface area (Å²) in [5.74, 6) is -0.340. The van der Waals surface area contributed by atoms with E-state index in [1.165, 1.54) is 30.3 Å². The molecule has 0 aromatic heterocycles. The first-order valence-electron chi connectivity index (χ1n) is 6.27. The summed E-state index contributed by atoms with van der Waals surface area (Å²) in [6, 6.07) is 8.43. The average Bonchev–Trinajstić information content (AvgIpc) is 2.47. The molecular weight excluding hydrogens is 277 g/mol. The molecule has 0 radical (unpaired) electrons. The van der Waals surface area contributed by atoms with Crippen LogP contribution in [0.2, 0.25) is 0 Å². The number of aryl methyl sites for hydroxylation is 1. The highest BCUT2D eigenvalue weighted by atomic mass is 19.1. The highest BCUT2D eigenvalue weighted by molar-refractivity contribution is 5.48. The van der Waals surface area contributed by atoms with Crippen LogP contribution in [-0.4, -0.2) is 10.0 Å². The number of benzene rings is 2. The zero-order valence-corrected chi connectivity index (χ0v) is 11.4. The van der Waals surface area contributed by atoms with Crippen molar-refractivity contribution < 1.29 is 19.2 Å². The molecule has 1 N–H and O–H groups in total. The molecule has 2 aromatic carbocycles. The van der Waals surface area contributed by atoms with Gasteiger partial charge in [-0.15, -0.1) is 0 Å². The molecule has 21 heavy (non-hydrogen) atoms. The van der Waals surface area contributed by atoms with E-state index in [2.05, 4.69) is 0 Å². The van der Waals surface area contributed by atoms with E-state index in [1.807, 2.05) is 0 Å². The van der Waals surface area contributed by atoms with Gasteiger partial charge in [-0.1, -0.05) is 6.07 Å². The van der Waals surface area contributed by atoms with E-state index < -0.39 is 10.7 Å². The Bertz CT molecular complexity index is 673. The third kappa shape index (κ3) is 3.55. The fraction of sp³-hybridized carbons (Fsp3) is 0.200. The second-order valence-corrected chi connectivity index (χ2v) is 4.58. The van der Waals surface area contributed by atoms with E-state index in [4.69, 9.17) is 9.84 Å². The fourth-order valence-electron chi connectivity index (χ4n) is 1.87. The Kier molecular flexibility index (Phi) is 4.49. The van der Waals surface area contributed by atoms with Gasteiger partial charge in [-0.05, 0) is 47.9 Å². The quantitative estimate of drug-likeness (QED) is 0.678. The van der Waals surface area contributed by atoms with Crippen molar-refractivity contribution in [2.45, 2.75) is 20.1 Å². The van der Waals surface area contributed by atoms with Gasteiger partial charge in [-0.3, -0.25) is 10.1 Å². The van der Waals surface area contributed by atoms with Crippen molar-refractivity contribution in [2.75, 3.05) is 0 Å². The van der Waals surface area contributed by atoms with E-state index in [1.54, 1.807) is 13.0 Å². The Morgan fingerprint density at radius 2 is 2.05 bits per heavy atom. The van der Waals surface area contributed by atoms with Crippen molar-refractivity contribution in [3.63, 3.8) is 0 Å². The van der Waals surface area contributed by atoms with Crippen LogP contribution < -0.4 is 4.74 Å². The average molecular weight is 291 g/mol. The molecule has 2 rings (SSSR count). The minimum Gasteiger partial charge on any atom is -0.482 e. The van der Waals surface area contributed by atoms with Gasteiger partial charge in [-0.25, -0.2) is 4.39 Å². The lowest BCUT2D eigenvalue weighted by Gasteiger charge is -2.10. The van der Waals surface area contributed by atoms with Gasteiger partial charge in [0.2, 0.25) is 0 Å². The molecule has 0 aliphatic carbocycles. The molecule has 0 aliphatic heterocycles. The molecular formula is C15H14FNO4. The summed E-state index contributed by atoms with van der Waals surface area (Å²) in [6.07, 6.45) is 0. The highest BCUT2D eigenvalue weighted by Crippen LogP contribution is 2.29. The summed E-state index contributed by atoms with van der Waals surface area (Å²) >= 11 is 0. The lowest BCUT2D eigenvalue weighted by atomic mass is 10.1. The Morgan fingerprint density at radius 3 is 2.71 bits per heavy atom. The zero-order valence-electron chi connectivity index (χ0n) is 11.4. The van der Waals surface area contributed by atoms with Gasteiger partial charge >= 0.3 is 5.69 Å². The van der Waals surface area contributed by atoms with Gasteiger partial charge in [0.05, 0.1) is 11.5 Å². The van der Waals surface area contributed by atoms with Crippen molar-refractivity contribution >= 4 is 5.69 Å². The number of nitro benzene ring substituents is 1. The summed E-state index contributed by atoms with van der Waals surface area (Å²) in [7, 11) is 0. The Hall–Kier alpha value is -2.47. The normalized spacial score (nSPS) is 10.4. The first kappa shape index (κ1) is 14.9. The minimum absolute atomic E-state index is 0.0132. The van der Waals surface area contributed by atoms with Crippen LogP contribution in [0.5, 0.6) is 5.75 Å². The van der Waals surface area contributed by atoms with Crippen LogP contribution in [0.1, 0.15) is 16.7 Å². The van der Waals surface area contributed by atoms with E-state index in [9.17, 15) is 14.5 Å². The van der Waals surface area contributed by atoms with Crippen LogP contribution in [0.4, 0.5) is 10.1 Å². The number of aliphatic hydroxyl groups is 1. The molecule has 6 heteroatoms. The molecule has 5 nitrogen and oxygen atoms in total. The zero-order chi connectivity index (χ0) is 15.4. The Balaban J connectivity index is 2.26. The largest absolute Gasteiger partial charge is 0.482 e. The van der Waals surface area contributed by atoms with Crippen LogP contribution in [0, 0.1) is 22.9 Å². The van der Waals surface area contributed by atoms with E-state index in [0.717, 1.165) is 5.56 Å². The number of nitrogens with zero attached hydrogens (tertiary/aromatic N) is 1. The maximum atomic E-state index is 13.2. The standard InChI is InChI=1S/C15H14FNO4/c1-10-2-4-13(16)7-12(10)9-21-15-6-11(8-18)3-5-14(15)17(19)20/h2-7,18H,8-9H2,1H3. The first-order chi connectivity index (χ1) is 10.0. The SMILES string of the molecule is Cc1ccc(F)cc1COc1cc(CO)ccc1[N+](=O)[O-]. The predicted octanol–water partition coefficient (Wildman–Crippen LogP) is 3.11. The molecule has 2 aromatic rings. The van der Waals surface area contributed by atoms with E-state index in [0.29, 0.717) is 11.1 Å². The molecule has 0 fully saturated rings. The van der Waals surface area contributed by atoms with Gasteiger partial charge in [0.25, 0.3) is 0 Å². The topological polar surface area (TPSA) is 72.6 Å². The maximum Gasteiger partial charge on any atom is 0.310 e. The molecule has 0 amide bonds. The van der Waals surface area contributed by atoms with Crippen molar-refractivity contribution in [3.05, 3.63) is 69.0 Å². The summed E-state index contributed by atoms with van der Waals surface area (Å²) in [5.41, 5.74) is 1.75. The molecule has 0 bridgehead atoms. The van der Waals surface area contributed by atoms with Gasteiger partial charge in [0, 0.05) is 6.07 Å². The third-order valence-electron chi connectivity index (χ3n) is 3.10. The van der Waals surface area contributed by atoms with Crippen LogP contribution in [0.25, 0.3) is 0 Å². The van der Waals surface area contributed by atoms with E-state index >= 15 is 0 Å². The third-order valence-corrected chi connectivity index (χ3v) is 3.10. The lowest BCUT2D eigenvalue weighted by Crippen LogP contribution is -2.02. The first-order valence-corrected chi connectivity index (χ1v) is 6.27. The number of nitro groups is 1. The molecule has 0 spiro atoms. The van der Waals surface area contributed by atoms with Gasteiger partial charge in [-0.2, -0.15) is 0 Å². The highest BCUT2D eigenvalue weighted by Gasteiger charge is 2.16. The molecule has 0 atom stereocenters. The Morgan fingerprint density at radius 1 is 1.29 bits per heavy atom. The molecule has 0 saturated carbocycles. The molecule has 0 saturated heterocycles. The van der Waals surface area contributed by atoms with Crippen molar-refractivity contribution in [3.8, 4) is 5.75 Å². The van der Waals surface area contributed by atoms with Crippen molar-refractivity contribution in [1.29, 1.82) is 0 Å². The second-order valence-electron chi connectivity index (χ2n) is 4.58. The smallest absolute Gasteiger partial charge is 0.310 e. The van der Waals surface area contributed by atoms with Crippen LogP contribution in [-0.2, 0) is 13.2 Å². The van der Waals surface area contributed by atoms with Crippen LogP contribution >= 0.6 is 0 Å².